The van der Waals surface area contributed by atoms with Crippen LogP contribution in [0.1, 0.15) is 6.23 Å². The van der Waals surface area contributed by atoms with Crippen molar-refractivity contribution < 1.29 is 33.8 Å². The van der Waals surface area contributed by atoms with Crippen molar-refractivity contribution in [1.82, 2.24) is 9.55 Å². The molecule has 0 saturated carbocycles. The van der Waals surface area contributed by atoms with Gasteiger partial charge in [0.2, 0.25) is 0 Å². The Morgan fingerprint density at radius 1 is 1.45 bits per heavy atom. The van der Waals surface area contributed by atoms with E-state index in [4.69, 9.17) is 20.3 Å². The molecule has 1 saturated heterocycles. The van der Waals surface area contributed by atoms with Crippen molar-refractivity contribution in [3.05, 3.63) is 20.3 Å². The molecule has 0 aromatic carbocycles. The average molecular weight is 449 g/mol. The maximum Gasteiger partial charge on any atom is 0.469 e. The third-order valence-electron chi connectivity index (χ3n) is 2.95. The summed E-state index contributed by atoms with van der Waals surface area (Å²) in [6.07, 6.45) is -4.23. The smallest absolute Gasteiger partial charge is 0.387 e. The zero-order chi connectivity index (χ0) is 16.7. The largest absolute Gasteiger partial charge is 0.469 e. The molecule has 6 N–H and O–H groups in total. The van der Waals surface area contributed by atoms with Crippen LogP contribution >= 0.6 is 30.4 Å². The Balaban J connectivity index is 2.22. The molecule has 2 heterocycles. The summed E-state index contributed by atoms with van der Waals surface area (Å²) in [5.74, 6) is 0.0104. The summed E-state index contributed by atoms with van der Waals surface area (Å²) in [5, 5.41) is 19.8. The van der Waals surface area contributed by atoms with E-state index in [9.17, 15) is 19.6 Å². The topological polar surface area (TPSA) is 177 Å². The summed E-state index contributed by atoms with van der Waals surface area (Å²) in [6.45, 7) is -0.659. The summed E-state index contributed by atoms with van der Waals surface area (Å²) in [6, 6.07) is 0. The summed E-state index contributed by atoms with van der Waals surface area (Å²) in [5.41, 5.74) is 4.68. The van der Waals surface area contributed by atoms with Crippen LogP contribution < -0.4 is 11.4 Å². The second kappa shape index (κ2) is 6.49. The van der Waals surface area contributed by atoms with E-state index in [1.807, 2.05) is 22.6 Å². The number of nitrogen functional groups attached to an aromatic ring is 1. The van der Waals surface area contributed by atoms with Gasteiger partial charge in [0.15, 0.2) is 6.23 Å². The number of anilines is 1. The fraction of sp³-hybridized carbons (Fsp3) is 0.556. The fourth-order valence-electron chi connectivity index (χ4n) is 1.91. The van der Waals surface area contributed by atoms with Gasteiger partial charge >= 0.3 is 13.5 Å². The van der Waals surface area contributed by atoms with E-state index in [0.29, 0.717) is 3.57 Å². The van der Waals surface area contributed by atoms with Crippen LogP contribution in [-0.4, -0.2) is 54.5 Å². The van der Waals surface area contributed by atoms with Crippen molar-refractivity contribution in [2.45, 2.75) is 24.5 Å². The van der Waals surface area contributed by atoms with Crippen molar-refractivity contribution in [1.29, 1.82) is 0 Å². The lowest BCUT2D eigenvalue weighted by Gasteiger charge is -2.17. The molecule has 0 amide bonds. The maximum atomic E-state index is 11.8. The van der Waals surface area contributed by atoms with Gasteiger partial charge in [-0.1, -0.05) is 0 Å². The molecule has 4 atom stereocenters. The normalized spacial score (nSPS) is 29.0. The monoisotopic (exact) mass is 449 g/mol. The van der Waals surface area contributed by atoms with E-state index in [1.54, 1.807) is 0 Å². The van der Waals surface area contributed by atoms with E-state index in [-0.39, 0.29) is 5.82 Å². The van der Waals surface area contributed by atoms with E-state index >= 15 is 0 Å². The molecule has 0 radical (unpaired) electrons. The maximum absolute atomic E-state index is 11.8. The average Bonchev–Trinajstić information content (AvgIpc) is 2.68. The molecule has 0 aliphatic carbocycles. The predicted molar refractivity (Wildman–Crippen MR) is 79.5 cm³/mol. The number of hydrogen-bond acceptors (Lipinski definition) is 8. The second-order valence-electron chi connectivity index (χ2n) is 4.50. The minimum atomic E-state index is -4.75. The Hall–Kier alpha value is -0.600. The van der Waals surface area contributed by atoms with Crippen LogP contribution in [0.5, 0.6) is 0 Å². The van der Waals surface area contributed by atoms with Gasteiger partial charge in [-0.25, -0.2) is 9.36 Å². The summed E-state index contributed by atoms with van der Waals surface area (Å²) >= 11 is 1.82. The first-order valence-electron chi connectivity index (χ1n) is 5.86. The molecular formula is C9H13IN3O8P. The molecule has 1 aromatic heterocycles. The summed E-state index contributed by atoms with van der Waals surface area (Å²) in [7, 11) is -4.75. The van der Waals surface area contributed by atoms with Crippen LogP contribution in [0.3, 0.4) is 0 Å². The van der Waals surface area contributed by atoms with Gasteiger partial charge in [0, 0.05) is 6.20 Å². The van der Waals surface area contributed by atoms with Crippen LogP contribution in [0.15, 0.2) is 11.0 Å². The number of aliphatic hydroxyl groups is 2. The predicted octanol–water partition coefficient (Wildman–Crippen LogP) is -1.84. The first kappa shape index (κ1) is 17.7. The van der Waals surface area contributed by atoms with Crippen LogP contribution in [0.4, 0.5) is 5.82 Å². The third kappa shape index (κ3) is 3.83. The lowest BCUT2D eigenvalue weighted by molar-refractivity contribution is -0.0543. The lowest BCUT2D eigenvalue weighted by Crippen LogP contribution is -2.36. The number of aromatic nitrogens is 2. The highest BCUT2D eigenvalue weighted by atomic mass is 127. The van der Waals surface area contributed by atoms with Crippen LogP contribution in [0.25, 0.3) is 0 Å². The molecule has 3 unspecified atom stereocenters. The minimum absolute atomic E-state index is 0.0104. The number of phosphoric acid groups is 1. The van der Waals surface area contributed by atoms with Crippen LogP contribution in [0.2, 0.25) is 0 Å². The molecule has 1 aliphatic rings. The lowest BCUT2D eigenvalue weighted by atomic mass is 10.1. The number of rotatable bonds is 4. The number of ether oxygens (including phenoxy) is 1. The number of phosphoric ester groups is 1. The molecule has 1 fully saturated rings. The fourth-order valence-corrected chi connectivity index (χ4v) is 2.67. The Bertz CT molecular complexity index is 663. The van der Waals surface area contributed by atoms with E-state index in [2.05, 4.69) is 9.51 Å². The highest BCUT2D eigenvalue weighted by Gasteiger charge is 2.45. The van der Waals surface area contributed by atoms with Crippen LogP contribution in [-0.2, 0) is 13.8 Å². The SMILES string of the molecule is Nc1nc(=O)n(C2OC(COP(=O)(O)O)[C@@H](O)C2O)cc1I. The number of halogens is 1. The van der Waals surface area contributed by atoms with Gasteiger partial charge in [-0.3, -0.25) is 9.09 Å². The minimum Gasteiger partial charge on any atom is -0.387 e. The van der Waals surface area contributed by atoms with Crippen molar-refractivity contribution >= 4 is 36.2 Å². The Kier molecular flexibility index (Phi) is 5.23. The quantitative estimate of drug-likeness (QED) is 0.259. The van der Waals surface area contributed by atoms with E-state index in [1.165, 1.54) is 6.20 Å². The highest BCUT2D eigenvalue weighted by molar-refractivity contribution is 14.1. The molecule has 1 aliphatic heterocycles. The van der Waals surface area contributed by atoms with Gasteiger partial charge < -0.3 is 30.5 Å². The van der Waals surface area contributed by atoms with Gasteiger partial charge in [0.25, 0.3) is 0 Å². The number of aliphatic hydroxyl groups excluding tert-OH is 2. The molecule has 22 heavy (non-hydrogen) atoms. The van der Waals surface area contributed by atoms with Crippen molar-refractivity contribution in [2.75, 3.05) is 12.3 Å². The van der Waals surface area contributed by atoms with E-state index < -0.39 is 44.7 Å². The van der Waals surface area contributed by atoms with Crippen molar-refractivity contribution in [3.63, 3.8) is 0 Å². The molecule has 11 nitrogen and oxygen atoms in total. The third-order valence-corrected chi connectivity index (χ3v) is 4.27. The van der Waals surface area contributed by atoms with Crippen molar-refractivity contribution in [3.8, 4) is 0 Å². The first-order valence-corrected chi connectivity index (χ1v) is 8.47. The Morgan fingerprint density at radius 3 is 2.68 bits per heavy atom. The first-order chi connectivity index (χ1) is 10.1. The molecule has 124 valence electrons. The van der Waals surface area contributed by atoms with Gasteiger partial charge in [-0.15, -0.1) is 0 Å². The van der Waals surface area contributed by atoms with E-state index in [0.717, 1.165) is 4.57 Å². The summed E-state index contributed by atoms with van der Waals surface area (Å²) < 4.78 is 21.5. The standard InChI is InChI=1S/C9H13IN3O8P/c10-3-1-13(9(16)12-7(3)11)8-6(15)5(14)4(21-8)2-20-22(17,18)19/h1,4-6,8,14-15H,2H2,(H2,11,12,16)(H2,17,18,19)/t4?,5-,6?,8?/m1/s1. The van der Waals surface area contributed by atoms with Gasteiger partial charge in [0.1, 0.15) is 24.1 Å². The molecule has 0 bridgehead atoms. The molecule has 13 heteroatoms. The van der Waals surface area contributed by atoms with Gasteiger partial charge in [0.05, 0.1) is 10.2 Å². The zero-order valence-electron chi connectivity index (χ0n) is 10.8. The Labute approximate surface area is 137 Å². The highest BCUT2D eigenvalue weighted by Crippen LogP contribution is 2.38. The second-order valence-corrected chi connectivity index (χ2v) is 6.90. The summed E-state index contributed by atoms with van der Waals surface area (Å²) in [4.78, 5) is 32.6. The molecule has 2 rings (SSSR count). The number of nitrogens with zero attached hydrogens (tertiary/aromatic N) is 2. The molecule has 0 spiro atoms. The van der Waals surface area contributed by atoms with Crippen LogP contribution in [0, 0.1) is 3.57 Å². The van der Waals surface area contributed by atoms with Gasteiger partial charge in [-0.05, 0) is 22.6 Å². The number of nitrogens with two attached hydrogens (primary N) is 1. The molecular weight excluding hydrogens is 436 g/mol. The van der Waals surface area contributed by atoms with Crippen molar-refractivity contribution in [2.24, 2.45) is 0 Å². The molecule has 1 aromatic rings. The van der Waals surface area contributed by atoms with Gasteiger partial charge in [-0.2, -0.15) is 4.98 Å². The zero-order valence-corrected chi connectivity index (χ0v) is 13.9. The Morgan fingerprint density at radius 2 is 2.09 bits per heavy atom. The number of hydrogen-bond donors (Lipinski definition) is 5.